The summed E-state index contributed by atoms with van der Waals surface area (Å²) in [6.45, 7) is 6.41. The summed E-state index contributed by atoms with van der Waals surface area (Å²) in [4.78, 5) is 16.2. The van der Waals surface area contributed by atoms with Crippen molar-refractivity contribution in [3.05, 3.63) is 65.5 Å². The molecule has 0 bridgehead atoms. The Morgan fingerprint density at radius 3 is 2.55 bits per heavy atom. The van der Waals surface area contributed by atoms with Gasteiger partial charge < -0.3 is 4.74 Å². The zero-order valence-electron chi connectivity index (χ0n) is 13.5. The van der Waals surface area contributed by atoms with Crippen molar-refractivity contribution in [2.24, 2.45) is 0 Å². The second-order valence-electron chi connectivity index (χ2n) is 5.95. The van der Waals surface area contributed by atoms with Crippen LogP contribution >= 0.6 is 0 Å². The minimum absolute atomic E-state index is 0.166. The van der Waals surface area contributed by atoms with Gasteiger partial charge in [0.15, 0.2) is 0 Å². The molecule has 3 heteroatoms. The topological polar surface area (TPSA) is 39.2 Å². The Bertz CT molecular complexity index is 607. The number of ether oxygens (including phenoxy) is 1. The molecule has 0 radical (unpaired) electrons. The number of carbonyl (C=O) groups is 1. The molecule has 0 aliphatic carbocycles. The van der Waals surface area contributed by atoms with Crippen molar-refractivity contribution >= 4 is 5.97 Å². The smallest absolute Gasteiger partial charge is 0.306 e. The van der Waals surface area contributed by atoms with E-state index in [2.05, 4.69) is 43.1 Å². The Labute approximate surface area is 132 Å². The molecule has 3 nitrogen and oxygen atoms in total. The summed E-state index contributed by atoms with van der Waals surface area (Å²) in [6, 6.07) is 12.4. The van der Waals surface area contributed by atoms with Crippen molar-refractivity contribution in [1.29, 1.82) is 0 Å². The molecule has 22 heavy (non-hydrogen) atoms. The van der Waals surface area contributed by atoms with Gasteiger partial charge in [0.25, 0.3) is 0 Å². The number of pyridine rings is 1. The monoisotopic (exact) mass is 297 g/mol. The maximum absolute atomic E-state index is 12.0. The normalized spacial score (nSPS) is 13.4. The molecule has 0 saturated carbocycles. The maximum Gasteiger partial charge on any atom is 0.306 e. The second-order valence-corrected chi connectivity index (χ2v) is 5.95. The second kappa shape index (κ2) is 7.21. The average molecular weight is 297 g/mol. The highest BCUT2D eigenvalue weighted by Gasteiger charge is 2.31. The van der Waals surface area contributed by atoms with E-state index in [1.165, 1.54) is 11.1 Å². The Morgan fingerprint density at radius 1 is 1.23 bits per heavy atom. The maximum atomic E-state index is 12.0. The number of rotatable bonds is 6. The molecular formula is C19H23NO2. The molecule has 0 fully saturated rings. The van der Waals surface area contributed by atoms with Gasteiger partial charge in [-0.2, -0.15) is 0 Å². The Hall–Kier alpha value is -2.16. The van der Waals surface area contributed by atoms with Crippen LogP contribution < -0.4 is 0 Å². The first-order valence-corrected chi connectivity index (χ1v) is 7.65. The van der Waals surface area contributed by atoms with E-state index < -0.39 is 0 Å². The van der Waals surface area contributed by atoms with Crippen molar-refractivity contribution < 1.29 is 9.53 Å². The molecule has 2 rings (SSSR count). The van der Waals surface area contributed by atoms with Crippen LogP contribution in [0.2, 0.25) is 0 Å². The molecule has 1 unspecified atom stereocenters. The van der Waals surface area contributed by atoms with Crippen molar-refractivity contribution in [3.8, 4) is 0 Å². The molecule has 0 N–H and O–H groups in total. The van der Waals surface area contributed by atoms with Gasteiger partial charge in [-0.15, -0.1) is 0 Å². The Morgan fingerprint density at radius 2 is 1.95 bits per heavy atom. The minimum atomic E-state index is -0.324. The molecule has 1 heterocycles. The van der Waals surface area contributed by atoms with Crippen LogP contribution in [0.5, 0.6) is 0 Å². The van der Waals surface area contributed by atoms with E-state index in [0.29, 0.717) is 13.0 Å². The minimum Gasteiger partial charge on any atom is -0.466 e. The molecule has 0 spiro atoms. The lowest BCUT2D eigenvalue weighted by atomic mass is 9.75. The lowest BCUT2D eigenvalue weighted by Crippen LogP contribution is -2.29. The zero-order valence-corrected chi connectivity index (χ0v) is 13.5. The van der Waals surface area contributed by atoms with Crippen molar-refractivity contribution in [3.63, 3.8) is 0 Å². The lowest BCUT2D eigenvalue weighted by molar-refractivity contribution is -0.144. The highest BCUT2D eigenvalue weighted by atomic mass is 16.5. The predicted octanol–water partition coefficient (Wildman–Crippen LogP) is 3.84. The third-order valence-electron chi connectivity index (χ3n) is 3.91. The highest BCUT2D eigenvalue weighted by molar-refractivity contribution is 5.71. The van der Waals surface area contributed by atoms with E-state index in [9.17, 15) is 4.79 Å². The lowest BCUT2D eigenvalue weighted by Gasteiger charge is -2.29. The fraction of sp³-hybridized carbons (Fsp3) is 0.368. The third-order valence-corrected chi connectivity index (χ3v) is 3.91. The van der Waals surface area contributed by atoms with Gasteiger partial charge in [0.1, 0.15) is 0 Å². The van der Waals surface area contributed by atoms with Crippen molar-refractivity contribution in [2.75, 3.05) is 6.61 Å². The summed E-state index contributed by atoms with van der Waals surface area (Å²) in [5.41, 5.74) is 3.18. The first-order chi connectivity index (χ1) is 10.5. The van der Waals surface area contributed by atoms with Gasteiger partial charge in [0.05, 0.1) is 13.0 Å². The van der Waals surface area contributed by atoms with E-state index in [0.717, 1.165) is 12.0 Å². The SMILES string of the molecule is CCOC(=O)CC(C)(Cc1ccc(C)cc1)c1cccnc1. The summed E-state index contributed by atoms with van der Waals surface area (Å²) in [5.74, 6) is -0.166. The Balaban J connectivity index is 2.28. The van der Waals surface area contributed by atoms with Crippen LogP contribution in [-0.4, -0.2) is 17.6 Å². The number of hydrogen-bond donors (Lipinski definition) is 0. The number of aromatic nitrogens is 1. The van der Waals surface area contributed by atoms with Gasteiger partial charge in [-0.3, -0.25) is 9.78 Å². The van der Waals surface area contributed by atoms with Crippen LogP contribution in [0.15, 0.2) is 48.8 Å². The predicted molar refractivity (Wildman–Crippen MR) is 87.7 cm³/mol. The van der Waals surface area contributed by atoms with E-state index in [-0.39, 0.29) is 11.4 Å². The summed E-state index contributed by atoms with van der Waals surface area (Å²) in [7, 11) is 0. The Kier molecular flexibility index (Phi) is 5.31. The number of hydrogen-bond acceptors (Lipinski definition) is 3. The van der Waals surface area contributed by atoms with Gasteiger partial charge in [0, 0.05) is 17.8 Å². The number of esters is 1. The number of nitrogens with zero attached hydrogens (tertiary/aromatic N) is 1. The van der Waals surface area contributed by atoms with Crippen LogP contribution in [0.3, 0.4) is 0 Å². The average Bonchev–Trinajstić information content (AvgIpc) is 2.51. The first kappa shape index (κ1) is 16.2. The standard InChI is InChI=1S/C19H23NO2/c1-4-22-18(21)13-19(3,17-6-5-11-20-14-17)12-16-9-7-15(2)8-10-16/h5-11,14H,4,12-13H2,1-3H3. The fourth-order valence-electron chi connectivity index (χ4n) is 2.67. The summed E-state index contributed by atoms with van der Waals surface area (Å²) >= 11 is 0. The fourth-order valence-corrected chi connectivity index (χ4v) is 2.67. The number of carbonyl (C=O) groups excluding carboxylic acids is 1. The van der Waals surface area contributed by atoms with Gasteiger partial charge >= 0.3 is 5.97 Å². The molecule has 1 aromatic carbocycles. The summed E-state index contributed by atoms with van der Waals surface area (Å²) in [5, 5.41) is 0. The number of aryl methyl sites for hydroxylation is 1. The van der Waals surface area contributed by atoms with Gasteiger partial charge in [-0.05, 0) is 37.5 Å². The summed E-state index contributed by atoms with van der Waals surface area (Å²) < 4.78 is 5.16. The van der Waals surface area contributed by atoms with Crippen LogP contribution in [0.1, 0.15) is 37.0 Å². The van der Waals surface area contributed by atoms with Gasteiger partial charge in [0.2, 0.25) is 0 Å². The molecule has 0 aliphatic rings. The largest absolute Gasteiger partial charge is 0.466 e. The van der Waals surface area contributed by atoms with E-state index in [1.807, 2.05) is 25.3 Å². The van der Waals surface area contributed by atoms with Crippen LogP contribution in [0.25, 0.3) is 0 Å². The van der Waals surface area contributed by atoms with E-state index in [1.54, 1.807) is 6.20 Å². The van der Waals surface area contributed by atoms with E-state index >= 15 is 0 Å². The van der Waals surface area contributed by atoms with Crippen molar-refractivity contribution in [1.82, 2.24) is 4.98 Å². The molecular weight excluding hydrogens is 274 g/mol. The number of benzene rings is 1. The van der Waals surface area contributed by atoms with Crippen LogP contribution in [-0.2, 0) is 21.4 Å². The molecule has 0 aliphatic heterocycles. The summed E-state index contributed by atoms with van der Waals surface area (Å²) in [6.07, 6.45) is 4.71. The van der Waals surface area contributed by atoms with Gasteiger partial charge in [-0.25, -0.2) is 0 Å². The zero-order chi connectivity index (χ0) is 16.0. The molecule has 0 saturated heterocycles. The first-order valence-electron chi connectivity index (χ1n) is 7.65. The van der Waals surface area contributed by atoms with Crippen molar-refractivity contribution in [2.45, 2.75) is 39.0 Å². The molecule has 0 amide bonds. The van der Waals surface area contributed by atoms with Crippen LogP contribution in [0, 0.1) is 6.92 Å². The third kappa shape index (κ3) is 4.17. The molecule has 116 valence electrons. The van der Waals surface area contributed by atoms with Gasteiger partial charge in [-0.1, -0.05) is 42.8 Å². The molecule has 1 aromatic heterocycles. The van der Waals surface area contributed by atoms with Crippen LogP contribution in [0.4, 0.5) is 0 Å². The quantitative estimate of drug-likeness (QED) is 0.760. The molecule has 1 atom stereocenters. The highest BCUT2D eigenvalue weighted by Crippen LogP contribution is 2.32. The van der Waals surface area contributed by atoms with E-state index in [4.69, 9.17) is 4.74 Å². The molecule has 2 aromatic rings.